The van der Waals surface area contributed by atoms with Gasteiger partial charge in [0, 0.05) is 52.1 Å². The second-order valence-corrected chi connectivity index (χ2v) is 29.8. The number of carboxylic acids is 1. The van der Waals surface area contributed by atoms with E-state index in [1.807, 2.05) is 40.7 Å². The summed E-state index contributed by atoms with van der Waals surface area (Å²) in [6.45, 7) is 28.3. The molecule has 4 aliphatic rings. The van der Waals surface area contributed by atoms with E-state index in [1.165, 1.54) is 60.8 Å². The number of ether oxygens (including phenoxy) is 4. The maximum atomic E-state index is 15.1. The van der Waals surface area contributed by atoms with E-state index in [4.69, 9.17) is 28.9 Å². The van der Waals surface area contributed by atoms with E-state index < -0.39 is 58.9 Å². The summed E-state index contributed by atoms with van der Waals surface area (Å²) in [7, 11) is 1.55. The number of hydrogen-bond donors (Lipinski definition) is 5. The average molecular weight is 1300 g/mol. The Labute approximate surface area is 533 Å². The van der Waals surface area contributed by atoms with E-state index >= 15 is 4.79 Å². The fraction of sp³-hybridized carbons (Fsp3) is 0.638. The van der Waals surface area contributed by atoms with Crippen LogP contribution in [0, 0.1) is 48.9 Å². The van der Waals surface area contributed by atoms with Crippen molar-refractivity contribution in [1.29, 1.82) is 0 Å². The molecule has 19 heteroatoms. The number of pyridine rings is 1. The molecular formula is C69H97BrN6O11S. The first-order valence-corrected chi connectivity index (χ1v) is 33.8. The summed E-state index contributed by atoms with van der Waals surface area (Å²) in [5.41, 5.74) is 1.67. The van der Waals surface area contributed by atoms with Gasteiger partial charge in [-0.3, -0.25) is 14.4 Å². The number of amides is 4. The van der Waals surface area contributed by atoms with Crippen LogP contribution < -0.4 is 30.2 Å². The maximum Gasteiger partial charge on any atom is 0.408 e. The first kappa shape index (κ1) is 68.0. The molecule has 0 bridgehead atoms. The molecule has 2 aromatic heterocycles. The van der Waals surface area contributed by atoms with E-state index in [-0.39, 0.29) is 55.1 Å². The topological polar surface area (TPSA) is 228 Å². The predicted octanol–water partition coefficient (Wildman–Crippen LogP) is 14.7. The first-order valence-electron chi connectivity index (χ1n) is 32.2. The zero-order chi connectivity index (χ0) is 64.2. The van der Waals surface area contributed by atoms with Crippen molar-refractivity contribution in [1.82, 2.24) is 25.5 Å². The van der Waals surface area contributed by atoms with Crippen LogP contribution in [0.2, 0.25) is 0 Å². The monoisotopic (exact) mass is 1300 g/mol. The normalized spacial score (nSPS) is 22.0. The highest BCUT2D eigenvalue weighted by Crippen LogP contribution is 2.49. The number of benzene rings is 2. The van der Waals surface area contributed by atoms with Gasteiger partial charge in [0.15, 0.2) is 5.13 Å². The lowest BCUT2D eigenvalue weighted by Crippen LogP contribution is -2.59. The lowest BCUT2D eigenvalue weighted by Gasteiger charge is -2.38. The van der Waals surface area contributed by atoms with Crippen molar-refractivity contribution in [2.45, 2.75) is 234 Å². The third kappa shape index (κ3) is 15.8. The van der Waals surface area contributed by atoms with Crippen LogP contribution in [0.15, 0.2) is 35.3 Å². The number of nitrogens with one attached hydrogen (secondary N) is 3. The van der Waals surface area contributed by atoms with Crippen LogP contribution >= 0.6 is 27.3 Å². The number of phenols is 1. The Morgan fingerprint density at radius 3 is 2.23 bits per heavy atom. The van der Waals surface area contributed by atoms with Crippen LogP contribution in [-0.4, -0.2) is 104 Å². The van der Waals surface area contributed by atoms with Gasteiger partial charge < -0.3 is 50.0 Å². The molecular weight excluding hydrogens is 1200 g/mol. The Morgan fingerprint density at radius 2 is 1.61 bits per heavy atom. The fourth-order valence-electron chi connectivity index (χ4n) is 13.1. The largest absolute Gasteiger partial charge is 0.507 e. The molecule has 482 valence electrons. The Balaban J connectivity index is 1.11. The Bertz CT molecular complexity index is 3220. The molecule has 0 spiro atoms. The number of phenolic OH excluding ortho intramolecular Hbond substituents is 1. The van der Waals surface area contributed by atoms with Gasteiger partial charge in [0.25, 0.3) is 0 Å². The van der Waals surface area contributed by atoms with E-state index in [2.05, 4.69) is 73.1 Å². The molecule has 3 unspecified atom stereocenters. The average Bonchev–Trinajstić information content (AvgIpc) is 1.57. The number of rotatable bonds is 27. The molecule has 8 atom stereocenters. The SMILES string of the molecule is C=C[C@@H]1C[C@]1(NC(=O)[C@@H]1C[C@@H](Oc2cc(-c3nc(NC(=O)C(C)C)sc3Cc3c(O)c(C)c(C)c4c3CCC(C)(CCCC(C)CCCC(C)CCCC(C)C)O4)nc3c(Br)c(OC)ccc23)CN1C(=O)[C@@H](NC(=O)OC1CCCC1)C(C)(C)C)C(=O)O. The van der Waals surface area contributed by atoms with Crippen LogP contribution in [-0.2, 0) is 36.8 Å². The highest BCUT2D eigenvalue weighted by molar-refractivity contribution is 9.10. The summed E-state index contributed by atoms with van der Waals surface area (Å²) in [6.07, 6.45) is 15.6. The van der Waals surface area contributed by atoms with Gasteiger partial charge in [-0.25, -0.2) is 19.6 Å². The number of aromatic nitrogens is 2. The molecule has 88 heavy (non-hydrogen) atoms. The second kappa shape index (κ2) is 28.5. The van der Waals surface area contributed by atoms with Gasteiger partial charge in [0.2, 0.25) is 17.7 Å². The number of carboxylic acid groups (broad SMARTS) is 1. The number of carbonyl (C=O) groups excluding carboxylic acids is 4. The molecule has 1 saturated heterocycles. The molecule has 4 heterocycles. The fourth-order valence-corrected chi connectivity index (χ4v) is 14.6. The molecule has 3 fully saturated rings. The highest BCUT2D eigenvalue weighted by Gasteiger charge is 2.61. The lowest BCUT2D eigenvalue weighted by atomic mass is 9.83. The molecule has 0 radical (unpaired) electrons. The molecule has 4 aromatic rings. The van der Waals surface area contributed by atoms with E-state index in [1.54, 1.807) is 33.1 Å². The quantitative estimate of drug-likeness (QED) is 0.0351. The van der Waals surface area contributed by atoms with Crippen molar-refractivity contribution >= 4 is 73.1 Å². The molecule has 2 saturated carbocycles. The van der Waals surface area contributed by atoms with Crippen LogP contribution in [0.4, 0.5) is 9.93 Å². The Hall–Kier alpha value is -5.95. The van der Waals surface area contributed by atoms with Crippen LogP contribution in [0.3, 0.4) is 0 Å². The summed E-state index contributed by atoms with van der Waals surface area (Å²) in [4.78, 5) is 81.8. The minimum atomic E-state index is -1.59. The number of methoxy groups -OCH3 is 1. The van der Waals surface area contributed by atoms with Crippen LogP contribution in [0.1, 0.15) is 199 Å². The van der Waals surface area contributed by atoms with E-state index in [9.17, 15) is 29.4 Å². The number of nitrogens with zero attached hydrogens (tertiary/aromatic N) is 3. The third-order valence-electron chi connectivity index (χ3n) is 18.9. The van der Waals surface area contributed by atoms with Crippen molar-refractivity contribution < 1.29 is 53.1 Å². The molecule has 17 nitrogen and oxygen atoms in total. The van der Waals surface area contributed by atoms with E-state index in [0.717, 1.165) is 85.6 Å². The van der Waals surface area contributed by atoms with Crippen molar-refractivity contribution in [2.24, 2.45) is 35.0 Å². The summed E-state index contributed by atoms with van der Waals surface area (Å²) in [5, 5.41) is 32.1. The number of hydrogen-bond acceptors (Lipinski definition) is 13. The molecule has 4 amide bonds. The van der Waals surface area contributed by atoms with Gasteiger partial charge in [-0.2, -0.15) is 0 Å². The van der Waals surface area contributed by atoms with Gasteiger partial charge in [-0.15, -0.1) is 17.9 Å². The second-order valence-electron chi connectivity index (χ2n) is 27.9. The number of alkyl carbamates (subject to hydrolysis) is 1. The Kier molecular flexibility index (Phi) is 22.0. The van der Waals surface area contributed by atoms with Gasteiger partial charge in [-0.1, -0.05) is 113 Å². The summed E-state index contributed by atoms with van der Waals surface area (Å²) >= 11 is 5.06. The molecule has 5 N–H and O–H groups in total. The molecule has 2 aliphatic heterocycles. The standard InChI is InChI=1S/C69H97BrN6O11S/c1-15-44-36-69(44,64(81)82)75-62(79)51-33-46(37-76(51)63(80)60(67(10,11)12)73-66(83)86-45-26-16-17-27-45)85-53-35-50(71-56-48(53)28-29-52(84-14)55(56)70)57-54(88-65(72-57)74-61(78)39(4)5)34-49-47-30-32-68(13,87-59(47)43(9)42(8)58(49)77)31-20-25-41(7)24-19-23-40(6)22-18-21-38(2)3/h15,28-29,35,38-41,44-46,51,60,77H,1,16-27,30-34,36-37H2,2-14H3,(H,73,83)(H,75,79)(H,81,82)(H,72,74,78)/t40?,41?,44-,46-,51+,60-,68?,69-/m1/s1. The number of halogens is 1. The predicted molar refractivity (Wildman–Crippen MR) is 349 cm³/mol. The van der Waals surface area contributed by atoms with Crippen LogP contribution in [0.5, 0.6) is 23.0 Å². The first-order chi connectivity index (χ1) is 41.6. The van der Waals surface area contributed by atoms with Crippen molar-refractivity contribution in [3.63, 3.8) is 0 Å². The highest BCUT2D eigenvalue weighted by atomic mass is 79.9. The number of anilines is 1. The zero-order valence-corrected chi connectivity index (χ0v) is 56.7. The number of aromatic hydroxyl groups is 1. The number of likely N-dealkylation sites (tertiary alicyclic amines) is 1. The minimum absolute atomic E-state index is 0.0467. The van der Waals surface area contributed by atoms with Gasteiger partial charge in [-0.05, 0) is 141 Å². The van der Waals surface area contributed by atoms with Crippen molar-refractivity contribution in [2.75, 3.05) is 19.0 Å². The Morgan fingerprint density at radius 1 is 0.943 bits per heavy atom. The van der Waals surface area contributed by atoms with Crippen molar-refractivity contribution in [3.05, 3.63) is 62.5 Å². The molecule has 2 aliphatic carbocycles. The van der Waals surface area contributed by atoms with Crippen LogP contribution in [0.25, 0.3) is 22.3 Å². The zero-order valence-electron chi connectivity index (χ0n) is 54.3. The third-order valence-corrected chi connectivity index (χ3v) is 20.7. The van der Waals surface area contributed by atoms with Gasteiger partial charge >= 0.3 is 12.1 Å². The number of carbonyl (C=O) groups is 5. The van der Waals surface area contributed by atoms with E-state index in [0.29, 0.717) is 66.2 Å². The number of fused-ring (bicyclic) bond motifs is 2. The minimum Gasteiger partial charge on any atom is -0.507 e. The van der Waals surface area contributed by atoms with Gasteiger partial charge in [0.1, 0.15) is 64.1 Å². The molecule has 8 rings (SSSR count). The summed E-state index contributed by atoms with van der Waals surface area (Å²) in [5.74, 6) is 0.397. The van der Waals surface area contributed by atoms with Crippen molar-refractivity contribution in [3.8, 4) is 34.4 Å². The van der Waals surface area contributed by atoms with Gasteiger partial charge in [0.05, 0.1) is 29.3 Å². The summed E-state index contributed by atoms with van der Waals surface area (Å²) in [6, 6.07) is 2.98. The lowest BCUT2D eigenvalue weighted by molar-refractivity contribution is -0.146. The smallest absolute Gasteiger partial charge is 0.408 e. The summed E-state index contributed by atoms with van der Waals surface area (Å²) < 4.78 is 26.2. The molecule has 2 aromatic carbocycles. The number of thiazole rings is 1. The number of aliphatic carboxylic acids is 1. The maximum absolute atomic E-state index is 15.1.